The maximum atomic E-state index is 12.1. The standard InChI is InChI=1S/C17H21N5OS/c23-16(7-4-14-12-18-10-11-19-14)22-13-2-5-15(6-3-13)24-17-20-8-1-9-21-17/h1,8-13,15H,2-7H2,(H,22,23). The van der Waals surface area contributed by atoms with Gasteiger partial charge in [-0.1, -0.05) is 11.8 Å². The zero-order chi connectivity index (χ0) is 16.6. The van der Waals surface area contributed by atoms with Crippen molar-refractivity contribution in [2.24, 2.45) is 0 Å². The highest BCUT2D eigenvalue weighted by Crippen LogP contribution is 2.31. The van der Waals surface area contributed by atoms with E-state index in [-0.39, 0.29) is 11.9 Å². The monoisotopic (exact) mass is 343 g/mol. The molecule has 1 N–H and O–H groups in total. The number of aryl methyl sites for hydroxylation is 1. The Labute approximate surface area is 145 Å². The van der Waals surface area contributed by atoms with Crippen LogP contribution in [0.5, 0.6) is 0 Å². The van der Waals surface area contributed by atoms with E-state index in [1.807, 2.05) is 6.07 Å². The number of rotatable bonds is 6. The number of amides is 1. The van der Waals surface area contributed by atoms with Crippen molar-refractivity contribution in [3.05, 3.63) is 42.7 Å². The van der Waals surface area contributed by atoms with Gasteiger partial charge < -0.3 is 5.32 Å². The number of thioether (sulfide) groups is 1. The first-order valence-corrected chi connectivity index (χ1v) is 9.15. The van der Waals surface area contributed by atoms with E-state index in [9.17, 15) is 4.79 Å². The fraction of sp³-hybridized carbons (Fsp3) is 0.471. The molecule has 0 spiro atoms. The van der Waals surface area contributed by atoms with Gasteiger partial charge in [-0.15, -0.1) is 0 Å². The smallest absolute Gasteiger partial charge is 0.220 e. The van der Waals surface area contributed by atoms with Crippen molar-refractivity contribution in [1.82, 2.24) is 25.3 Å². The third-order valence-electron chi connectivity index (χ3n) is 4.08. The molecule has 2 aromatic heterocycles. The predicted octanol–water partition coefficient (Wildman–Crippen LogP) is 2.42. The van der Waals surface area contributed by atoms with E-state index < -0.39 is 0 Å². The van der Waals surface area contributed by atoms with Crippen LogP contribution in [0.25, 0.3) is 0 Å². The minimum absolute atomic E-state index is 0.100. The van der Waals surface area contributed by atoms with Crippen LogP contribution in [0.4, 0.5) is 0 Å². The van der Waals surface area contributed by atoms with E-state index in [0.29, 0.717) is 18.1 Å². The largest absolute Gasteiger partial charge is 0.353 e. The molecule has 3 rings (SSSR count). The molecule has 1 saturated carbocycles. The molecule has 1 aliphatic carbocycles. The average molecular weight is 343 g/mol. The zero-order valence-corrected chi connectivity index (χ0v) is 14.3. The molecule has 6 nitrogen and oxygen atoms in total. The molecule has 1 aliphatic rings. The van der Waals surface area contributed by atoms with Gasteiger partial charge in [-0.2, -0.15) is 0 Å². The molecule has 0 unspecified atom stereocenters. The summed E-state index contributed by atoms with van der Waals surface area (Å²) in [6, 6.07) is 2.12. The minimum Gasteiger partial charge on any atom is -0.353 e. The van der Waals surface area contributed by atoms with Crippen LogP contribution >= 0.6 is 11.8 Å². The van der Waals surface area contributed by atoms with Crippen molar-refractivity contribution >= 4 is 17.7 Å². The van der Waals surface area contributed by atoms with Gasteiger partial charge in [0, 0.05) is 48.7 Å². The fourth-order valence-electron chi connectivity index (χ4n) is 2.82. The van der Waals surface area contributed by atoms with E-state index in [4.69, 9.17) is 0 Å². The highest BCUT2D eigenvalue weighted by Gasteiger charge is 2.23. The molecule has 126 valence electrons. The summed E-state index contributed by atoms with van der Waals surface area (Å²) in [7, 11) is 0. The fourth-order valence-corrected chi connectivity index (χ4v) is 3.87. The van der Waals surface area contributed by atoms with Gasteiger partial charge in [0.25, 0.3) is 0 Å². The summed E-state index contributed by atoms with van der Waals surface area (Å²) in [5, 5.41) is 4.53. The minimum atomic E-state index is 0.100. The SMILES string of the molecule is O=C(CCc1cnccn1)NC1CCC(Sc2ncccn2)CC1. The molecule has 1 fully saturated rings. The van der Waals surface area contributed by atoms with Crippen LogP contribution in [-0.2, 0) is 11.2 Å². The Morgan fingerprint density at radius 2 is 1.88 bits per heavy atom. The van der Waals surface area contributed by atoms with Gasteiger partial charge in [0.15, 0.2) is 5.16 Å². The van der Waals surface area contributed by atoms with Gasteiger partial charge in [-0.3, -0.25) is 14.8 Å². The lowest BCUT2D eigenvalue weighted by atomic mass is 9.95. The van der Waals surface area contributed by atoms with Crippen molar-refractivity contribution in [1.29, 1.82) is 0 Å². The number of carbonyl (C=O) groups excluding carboxylic acids is 1. The normalized spacial score (nSPS) is 20.5. The van der Waals surface area contributed by atoms with Gasteiger partial charge >= 0.3 is 0 Å². The zero-order valence-electron chi connectivity index (χ0n) is 13.5. The first kappa shape index (κ1) is 16.8. The van der Waals surface area contributed by atoms with E-state index >= 15 is 0 Å². The van der Waals surface area contributed by atoms with Crippen molar-refractivity contribution in [2.75, 3.05) is 0 Å². The molecule has 0 atom stereocenters. The van der Waals surface area contributed by atoms with Crippen LogP contribution in [-0.4, -0.2) is 37.1 Å². The van der Waals surface area contributed by atoms with E-state index in [0.717, 1.165) is 36.5 Å². The summed E-state index contributed by atoms with van der Waals surface area (Å²) in [6.07, 6.45) is 13.8. The Morgan fingerprint density at radius 3 is 2.58 bits per heavy atom. The summed E-state index contributed by atoms with van der Waals surface area (Å²) in [5.41, 5.74) is 0.857. The molecule has 0 aliphatic heterocycles. The molecular weight excluding hydrogens is 322 g/mol. The highest BCUT2D eigenvalue weighted by molar-refractivity contribution is 7.99. The highest BCUT2D eigenvalue weighted by atomic mass is 32.2. The van der Waals surface area contributed by atoms with Gasteiger partial charge in [0.1, 0.15) is 0 Å². The Morgan fingerprint density at radius 1 is 1.08 bits per heavy atom. The molecule has 0 aromatic carbocycles. The van der Waals surface area contributed by atoms with Crippen molar-refractivity contribution in [3.8, 4) is 0 Å². The summed E-state index contributed by atoms with van der Waals surface area (Å²) in [4.78, 5) is 28.8. The number of aromatic nitrogens is 4. The van der Waals surface area contributed by atoms with Crippen LogP contribution < -0.4 is 5.32 Å². The Hall–Kier alpha value is -2.02. The van der Waals surface area contributed by atoms with E-state index in [2.05, 4.69) is 25.3 Å². The van der Waals surface area contributed by atoms with Crippen LogP contribution in [0, 0.1) is 0 Å². The lowest BCUT2D eigenvalue weighted by molar-refractivity contribution is -0.122. The molecule has 0 bridgehead atoms. The second-order valence-corrected chi connectivity index (χ2v) is 7.15. The van der Waals surface area contributed by atoms with Crippen molar-refractivity contribution in [2.45, 2.75) is 55.0 Å². The molecule has 0 radical (unpaired) electrons. The summed E-state index contributed by atoms with van der Waals surface area (Å²) >= 11 is 1.74. The average Bonchev–Trinajstić information content (AvgIpc) is 2.63. The maximum Gasteiger partial charge on any atom is 0.220 e. The van der Waals surface area contributed by atoms with Gasteiger partial charge in [0.05, 0.1) is 5.69 Å². The Bertz CT molecular complexity index is 632. The molecule has 0 saturated heterocycles. The quantitative estimate of drug-likeness (QED) is 0.811. The topological polar surface area (TPSA) is 80.7 Å². The predicted molar refractivity (Wildman–Crippen MR) is 92.4 cm³/mol. The van der Waals surface area contributed by atoms with Gasteiger partial charge in [-0.05, 0) is 38.2 Å². The van der Waals surface area contributed by atoms with Gasteiger partial charge in [0.2, 0.25) is 5.91 Å². The lowest BCUT2D eigenvalue weighted by Gasteiger charge is -2.28. The van der Waals surface area contributed by atoms with E-state index in [1.54, 1.807) is 42.7 Å². The second-order valence-electron chi connectivity index (χ2n) is 5.89. The first-order valence-electron chi connectivity index (χ1n) is 8.27. The second kappa shape index (κ2) is 8.73. The lowest BCUT2D eigenvalue weighted by Crippen LogP contribution is -2.38. The number of nitrogens with zero attached hydrogens (tertiary/aromatic N) is 4. The van der Waals surface area contributed by atoms with Crippen LogP contribution in [0.2, 0.25) is 0 Å². The van der Waals surface area contributed by atoms with Crippen LogP contribution in [0.3, 0.4) is 0 Å². The molecule has 2 heterocycles. The molecule has 7 heteroatoms. The van der Waals surface area contributed by atoms with E-state index in [1.165, 1.54) is 0 Å². The number of hydrogen-bond acceptors (Lipinski definition) is 6. The van der Waals surface area contributed by atoms with Crippen LogP contribution in [0.15, 0.2) is 42.2 Å². The van der Waals surface area contributed by atoms with Gasteiger partial charge in [-0.25, -0.2) is 9.97 Å². The molecule has 24 heavy (non-hydrogen) atoms. The summed E-state index contributed by atoms with van der Waals surface area (Å²) in [6.45, 7) is 0. The first-order chi connectivity index (χ1) is 11.8. The molecule has 1 amide bonds. The summed E-state index contributed by atoms with van der Waals surface area (Å²) < 4.78 is 0. The Balaban J connectivity index is 1.36. The third-order valence-corrected chi connectivity index (χ3v) is 5.30. The number of nitrogens with one attached hydrogen (secondary N) is 1. The molecule has 2 aromatic rings. The van der Waals surface area contributed by atoms with Crippen molar-refractivity contribution in [3.63, 3.8) is 0 Å². The van der Waals surface area contributed by atoms with Crippen LogP contribution in [0.1, 0.15) is 37.8 Å². The van der Waals surface area contributed by atoms with Crippen molar-refractivity contribution < 1.29 is 4.79 Å². The summed E-state index contributed by atoms with van der Waals surface area (Å²) in [5.74, 6) is 0.100. The molecular formula is C17H21N5OS. The third kappa shape index (κ3) is 5.26. The maximum absolute atomic E-state index is 12.1. The number of carbonyl (C=O) groups is 1. The Kier molecular flexibility index (Phi) is 6.12. The number of hydrogen-bond donors (Lipinski definition) is 1.